The molecule has 0 fully saturated rings. The first kappa shape index (κ1) is 23.0. The Morgan fingerprint density at radius 1 is 1.09 bits per heavy atom. The molecular weight excluding hydrogens is 436 g/mol. The average Bonchev–Trinajstić information content (AvgIpc) is 3.34. The molecule has 9 heteroatoms. The van der Waals surface area contributed by atoms with Gasteiger partial charge in [0.15, 0.2) is 5.69 Å². The van der Waals surface area contributed by atoms with Crippen LogP contribution >= 0.6 is 0 Å². The summed E-state index contributed by atoms with van der Waals surface area (Å²) in [5.74, 6) is -1.57. The molecule has 1 unspecified atom stereocenters. The molecule has 176 valence electrons. The van der Waals surface area contributed by atoms with Crippen LogP contribution in [0.15, 0.2) is 54.7 Å². The number of benzene rings is 2. The van der Waals surface area contributed by atoms with Crippen molar-refractivity contribution in [2.45, 2.75) is 31.7 Å². The Kier molecular flexibility index (Phi) is 6.62. The van der Waals surface area contributed by atoms with Gasteiger partial charge in [-0.3, -0.25) is 9.48 Å². The van der Waals surface area contributed by atoms with E-state index in [2.05, 4.69) is 40.0 Å². The van der Waals surface area contributed by atoms with Gasteiger partial charge in [-0.25, -0.2) is 9.59 Å². The van der Waals surface area contributed by atoms with Crippen LogP contribution in [0.2, 0.25) is 0 Å². The Morgan fingerprint density at radius 3 is 2.32 bits per heavy atom. The number of anilines is 1. The van der Waals surface area contributed by atoms with Crippen LogP contribution in [0.4, 0.5) is 10.5 Å². The number of hydrogen-bond acceptors (Lipinski definition) is 5. The van der Waals surface area contributed by atoms with Gasteiger partial charge in [-0.1, -0.05) is 48.5 Å². The number of carboxylic acid groups (broad SMARTS) is 1. The number of aromatic nitrogens is 2. The Bertz CT molecular complexity index is 1190. The highest BCUT2D eigenvalue weighted by Gasteiger charge is 2.29. The fourth-order valence-corrected chi connectivity index (χ4v) is 4.26. The van der Waals surface area contributed by atoms with Crippen molar-refractivity contribution in [3.63, 3.8) is 0 Å². The molecule has 1 aliphatic rings. The summed E-state index contributed by atoms with van der Waals surface area (Å²) in [4.78, 5) is 35.9. The van der Waals surface area contributed by atoms with Crippen LogP contribution in [-0.2, 0) is 16.6 Å². The molecule has 2 aromatic carbocycles. The van der Waals surface area contributed by atoms with Gasteiger partial charge in [0.25, 0.3) is 0 Å². The second kappa shape index (κ2) is 9.78. The van der Waals surface area contributed by atoms with Crippen LogP contribution in [0.5, 0.6) is 0 Å². The van der Waals surface area contributed by atoms with E-state index in [-0.39, 0.29) is 42.3 Å². The van der Waals surface area contributed by atoms with Gasteiger partial charge in [0.05, 0.1) is 11.9 Å². The largest absolute Gasteiger partial charge is 0.476 e. The molecule has 1 heterocycles. The fourth-order valence-electron chi connectivity index (χ4n) is 4.26. The molecule has 2 amide bonds. The molecule has 0 radical (unpaired) electrons. The maximum absolute atomic E-state index is 12.4. The summed E-state index contributed by atoms with van der Waals surface area (Å²) in [6.45, 7) is 1.99. The van der Waals surface area contributed by atoms with Gasteiger partial charge in [-0.2, -0.15) is 5.10 Å². The Hall–Kier alpha value is -4.14. The van der Waals surface area contributed by atoms with E-state index in [1.807, 2.05) is 24.3 Å². The third kappa shape index (κ3) is 4.78. The second-order valence-electron chi connectivity index (χ2n) is 8.29. The predicted molar refractivity (Wildman–Crippen MR) is 126 cm³/mol. The lowest BCUT2D eigenvalue weighted by Gasteiger charge is -2.17. The third-order valence-corrected chi connectivity index (χ3v) is 5.93. The first-order chi connectivity index (χ1) is 16.3. The summed E-state index contributed by atoms with van der Waals surface area (Å²) < 4.78 is 6.71. The highest BCUT2D eigenvalue weighted by molar-refractivity contribution is 5.99. The van der Waals surface area contributed by atoms with Crippen molar-refractivity contribution in [3.8, 4) is 11.1 Å². The van der Waals surface area contributed by atoms with E-state index in [1.54, 1.807) is 6.92 Å². The first-order valence-corrected chi connectivity index (χ1v) is 11.0. The van der Waals surface area contributed by atoms with Crippen LogP contribution in [0.25, 0.3) is 11.1 Å². The van der Waals surface area contributed by atoms with E-state index in [4.69, 9.17) is 4.74 Å². The number of hydrogen-bond donors (Lipinski definition) is 3. The van der Waals surface area contributed by atoms with Gasteiger partial charge in [-0.15, -0.1) is 0 Å². The molecule has 0 saturated heterocycles. The summed E-state index contributed by atoms with van der Waals surface area (Å²) in [5, 5.41) is 18.4. The van der Waals surface area contributed by atoms with Crippen LogP contribution < -0.4 is 10.6 Å². The summed E-state index contributed by atoms with van der Waals surface area (Å²) in [7, 11) is 1.49. The number of alkyl carbamates (subject to hydrolysis) is 1. The summed E-state index contributed by atoms with van der Waals surface area (Å²) in [6.07, 6.45) is 1.20. The zero-order valence-electron chi connectivity index (χ0n) is 18.9. The number of aryl methyl sites for hydroxylation is 1. The van der Waals surface area contributed by atoms with E-state index in [0.717, 1.165) is 22.3 Å². The third-order valence-electron chi connectivity index (χ3n) is 5.93. The number of ether oxygens (including phenoxy) is 1. The molecule has 0 saturated carbocycles. The molecular formula is C25H26N4O5. The van der Waals surface area contributed by atoms with Gasteiger partial charge in [0, 0.05) is 25.4 Å². The topological polar surface area (TPSA) is 123 Å². The monoisotopic (exact) mass is 462 g/mol. The number of carbonyl (C=O) groups excluding carboxylic acids is 2. The van der Waals surface area contributed by atoms with Gasteiger partial charge >= 0.3 is 12.1 Å². The van der Waals surface area contributed by atoms with Crippen molar-refractivity contribution in [1.29, 1.82) is 0 Å². The SMILES string of the molecule is CC(CCC(=O)Nc1cnn(C)c1C(=O)O)NC(=O)OCC1c2ccccc2-c2ccccc21. The van der Waals surface area contributed by atoms with Crippen molar-refractivity contribution in [2.24, 2.45) is 7.05 Å². The van der Waals surface area contributed by atoms with E-state index >= 15 is 0 Å². The van der Waals surface area contributed by atoms with Crippen molar-refractivity contribution in [3.05, 3.63) is 71.5 Å². The van der Waals surface area contributed by atoms with Crippen molar-refractivity contribution < 1.29 is 24.2 Å². The molecule has 0 bridgehead atoms. The lowest BCUT2D eigenvalue weighted by molar-refractivity contribution is -0.116. The number of nitrogens with zero attached hydrogens (tertiary/aromatic N) is 2. The van der Waals surface area contributed by atoms with Crippen LogP contribution in [-0.4, -0.2) is 45.5 Å². The Morgan fingerprint density at radius 2 is 1.71 bits per heavy atom. The molecule has 1 atom stereocenters. The highest BCUT2D eigenvalue weighted by Crippen LogP contribution is 2.44. The van der Waals surface area contributed by atoms with Gasteiger partial charge in [0.2, 0.25) is 5.91 Å². The molecule has 1 aliphatic carbocycles. The van der Waals surface area contributed by atoms with Gasteiger partial charge in [-0.05, 0) is 35.6 Å². The minimum atomic E-state index is -1.18. The predicted octanol–water partition coefficient (Wildman–Crippen LogP) is 3.76. The molecule has 3 aromatic rings. The van der Waals surface area contributed by atoms with E-state index in [9.17, 15) is 19.5 Å². The lowest BCUT2D eigenvalue weighted by atomic mass is 9.98. The number of amides is 2. The van der Waals surface area contributed by atoms with Crippen molar-refractivity contribution >= 4 is 23.7 Å². The molecule has 1 aromatic heterocycles. The normalized spacial score (nSPS) is 13.0. The quantitative estimate of drug-likeness (QED) is 0.468. The number of fused-ring (bicyclic) bond motifs is 3. The van der Waals surface area contributed by atoms with E-state index in [0.29, 0.717) is 6.42 Å². The zero-order chi connectivity index (χ0) is 24.2. The number of aromatic carboxylic acids is 1. The molecule has 0 aliphatic heterocycles. The number of carbonyl (C=O) groups is 3. The minimum Gasteiger partial charge on any atom is -0.476 e. The van der Waals surface area contributed by atoms with E-state index in [1.165, 1.54) is 17.9 Å². The summed E-state index contributed by atoms with van der Waals surface area (Å²) in [5.41, 5.74) is 4.63. The Balaban J connectivity index is 1.26. The first-order valence-electron chi connectivity index (χ1n) is 11.0. The number of carboxylic acids is 1. The molecule has 4 rings (SSSR count). The van der Waals surface area contributed by atoms with Gasteiger partial charge in [0.1, 0.15) is 6.61 Å². The Labute approximate surface area is 196 Å². The maximum Gasteiger partial charge on any atom is 0.407 e. The zero-order valence-corrected chi connectivity index (χ0v) is 18.9. The van der Waals surface area contributed by atoms with Gasteiger partial charge < -0.3 is 20.5 Å². The summed E-state index contributed by atoms with van der Waals surface area (Å²) in [6, 6.07) is 15.9. The molecule has 3 N–H and O–H groups in total. The highest BCUT2D eigenvalue weighted by atomic mass is 16.5. The van der Waals surface area contributed by atoms with Crippen molar-refractivity contribution in [2.75, 3.05) is 11.9 Å². The standard InChI is InChI=1S/C25H26N4O5/c1-15(11-12-22(30)28-21-13-26-29(2)23(21)24(31)32)27-25(33)34-14-20-18-9-5-3-7-16(18)17-8-4-6-10-19(17)20/h3-10,13,15,20H,11-12,14H2,1-2H3,(H,27,33)(H,28,30)(H,31,32). The van der Waals surface area contributed by atoms with Crippen LogP contribution in [0, 0.1) is 0 Å². The number of nitrogens with one attached hydrogen (secondary N) is 2. The van der Waals surface area contributed by atoms with Crippen LogP contribution in [0.3, 0.4) is 0 Å². The van der Waals surface area contributed by atoms with E-state index < -0.39 is 12.1 Å². The smallest absolute Gasteiger partial charge is 0.407 e. The maximum atomic E-state index is 12.4. The molecule has 34 heavy (non-hydrogen) atoms. The fraction of sp³-hybridized carbons (Fsp3) is 0.280. The second-order valence-corrected chi connectivity index (χ2v) is 8.29. The lowest BCUT2D eigenvalue weighted by Crippen LogP contribution is -2.34. The average molecular weight is 463 g/mol. The molecule has 9 nitrogen and oxygen atoms in total. The van der Waals surface area contributed by atoms with Crippen LogP contribution in [0.1, 0.15) is 47.3 Å². The number of rotatable bonds is 8. The van der Waals surface area contributed by atoms with Crippen molar-refractivity contribution in [1.82, 2.24) is 15.1 Å². The summed E-state index contributed by atoms with van der Waals surface area (Å²) >= 11 is 0. The minimum absolute atomic E-state index is 0.0258. The molecule has 0 spiro atoms.